The molecule has 0 spiro atoms. The van der Waals surface area contributed by atoms with Gasteiger partial charge >= 0.3 is 0 Å². The minimum absolute atomic E-state index is 0.728. The van der Waals surface area contributed by atoms with E-state index in [0.29, 0.717) is 0 Å². The van der Waals surface area contributed by atoms with Gasteiger partial charge in [0.2, 0.25) is 0 Å². The predicted octanol–water partition coefficient (Wildman–Crippen LogP) is 14.1. The van der Waals surface area contributed by atoms with Gasteiger partial charge in [0.05, 0.1) is 11.4 Å². The van der Waals surface area contributed by atoms with Crippen molar-refractivity contribution in [3.05, 3.63) is 188 Å². The van der Waals surface area contributed by atoms with Crippen molar-refractivity contribution in [2.45, 2.75) is 31.6 Å². The zero-order valence-corrected chi connectivity index (χ0v) is 28.2. The maximum atomic E-state index is 2.46. The van der Waals surface area contributed by atoms with Gasteiger partial charge in [-0.1, -0.05) is 171 Å². The Hall–Kier alpha value is -5.92. The monoisotopic (exact) mass is 641 g/mol. The van der Waals surface area contributed by atoms with E-state index >= 15 is 0 Å². The van der Waals surface area contributed by atoms with E-state index in [2.05, 4.69) is 187 Å². The van der Waals surface area contributed by atoms with Crippen molar-refractivity contribution in [3.63, 3.8) is 0 Å². The highest BCUT2D eigenvalue weighted by molar-refractivity contribution is 6.11. The fourth-order valence-electron chi connectivity index (χ4n) is 8.11. The quantitative estimate of drug-likeness (QED) is 0.167. The molecule has 1 aliphatic carbocycles. The van der Waals surface area contributed by atoms with Crippen LogP contribution in [0, 0.1) is 0 Å². The van der Waals surface area contributed by atoms with Gasteiger partial charge in [0.15, 0.2) is 0 Å². The summed E-state index contributed by atoms with van der Waals surface area (Å²) >= 11 is 0. The second-order valence-corrected chi connectivity index (χ2v) is 13.6. The third-order valence-corrected chi connectivity index (χ3v) is 10.6. The largest absolute Gasteiger partial charge is 0.309 e. The smallest absolute Gasteiger partial charge is 0.0540 e. The highest BCUT2D eigenvalue weighted by Crippen LogP contribution is 2.46. The number of fused-ring (bicyclic) bond motifs is 2. The molecule has 0 atom stereocenters. The van der Waals surface area contributed by atoms with Crippen molar-refractivity contribution in [1.82, 2.24) is 0 Å². The zero-order chi connectivity index (χ0) is 33.3. The van der Waals surface area contributed by atoms with E-state index in [4.69, 9.17) is 0 Å². The van der Waals surface area contributed by atoms with Gasteiger partial charge in [-0.3, -0.25) is 0 Å². The minimum atomic E-state index is 0.728. The summed E-state index contributed by atoms with van der Waals surface area (Å²) in [5.74, 6) is 0.728. The van der Waals surface area contributed by atoms with Crippen molar-refractivity contribution in [3.8, 4) is 33.4 Å². The van der Waals surface area contributed by atoms with E-state index in [-0.39, 0.29) is 0 Å². The maximum absolute atomic E-state index is 2.46. The summed E-state index contributed by atoms with van der Waals surface area (Å²) < 4.78 is 0. The molecule has 1 nitrogen and oxygen atoms in total. The molecule has 0 aliphatic heterocycles. The highest BCUT2D eigenvalue weighted by Gasteiger charge is 2.21. The fraction of sp³-hybridized carbons (Fsp3) is 0.102. The van der Waals surface area contributed by atoms with Crippen LogP contribution in [-0.2, 0) is 0 Å². The summed E-state index contributed by atoms with van der Waals surface area (Å²) in [5, 5.41) is 4.92. The molecule has 9 rings (SSSR count). The molecular weight excluding hydrogens is 603 g/mol. The molecule has 50 heavy (non-hydrogen) atoms. The Morgan fingerprint density at radius 2 is 0.760 bits per heavy atom. The fourth-order valence-corrected chi connectivity index (χ4v) is 8.11. The first-order valence-corrected chi connectivity index (χ1v) is 18.0. The van der Waals surface area contributed by atoms with E-state index in [1.54, 1.807) is 0 Å². The number of nitrogens with zero attached hydrogens (tertiary/aromatic N) is 1. The van der Waals surface area contributed by atoms with Crippen LogP contribution in [0.25, 0.3) is 54.9 Å². The number of hydrogen-bond donors (Lipinski definition) is 0. The summed E-state index contributed by atoms with van der Waals surface area (Å²) in [6, 6.07) is 66.8. The molecule has 8 aromatic carbocycles. The van der Waals surface area contributed by atoms with Gasteiger partial charge in [-0.05, 0) is 92.7 Å². The molecule has 0 unspecified atom stereocenters. The van der Waals surface area contributed by atoms with Crippen molar-refractivity contribution in [2.24, 2.45) is 0 Å². The van der Waals surface area contributed by atoms with Crippen LogP contribution in [0.2, 0.25) is 0 Å². The van der Waals surface area contributed by atoms with Crippen LogP contribution in [0.3, 0.4) is 0 Å². The number of benzene rings is 8. The third kappa shape index (κ3) is 5.55. The molecule has 0 amide bonds. The van der Waals surface area contributed by atoms with Crippen LogP contribution in [0.15, 0.2) is 182 Å². The Balaban J connectivity index is 1.21. The van der Waals surface area contributed by atoms with Gasteiger partial charge in [-0.15, -0.1) is 0 Å². The molecule has 0 bridgehead atoms. The summed E-state index contributed by atoms with van der Waals surface area (Å²) in [6.45, 7) is 0. The molecule has 1 heteroatoms. The number of rotatable bonds is 7. The van der Waals surface area contributed by atoms with Crippen molar-refractivity contribution in [2.75, 3.05) is 4.90 Å². The minimum Gasteiger partial charge on any atom is -0.309 e. The summed E-state index contributed by atoms with van der Waals surface area (Å²) in [5.41, 5.74) is 12.4. The molecule has 0 aromatic heterocycles. The molecule has 0 saturated heterocycles. The number of hydrogen-bond acceptors (Lipinski definition) is 1. The summed E-state index contributed by atoms with van der Waals surface area (Å²) in [4.78, 5) is 2.46. The molecule has 0 N–H and O–H groups in total. The lowest BCUT2D eigenvalue weighted by atomic mass is 9.94. The Morgan fingerprint density at radius 3 is 1.24 bits per heavy atom. The Morgan fingerprint density at radius 1 is 0.340 bits per heavy atom. The van der Waals surface area contributed by atoms with Gasteiger partial charge in [0.25, 0.3) is 0 Å². The molecule has 1 aliphatic rings. The van der Waals surface area contributed by atoms with Gasteiger partial charge < -0.3 is 4.90 Å². The molecule has 8 aromatic rings. The van der Waals surface area contributed by atoms with E-state index in [1.165, 1.54) is 86.2 Å². The predicted molar refractivity (Wildman–Crippen MR) is 214 cm³/mol. The van der Waals surface area contributed by atoms with Crippen LogP contribution in [0.4, 0.5) is 17.1 Å². The van der Waals surface area contributed by atoms with Crippen LogP contribution in [0.1, 0.15) is 37.2 Å². The van der Waals surface area contributed by atoms with Gasteiger partial charge in [-0.25, -0.2) is 0 Å². The van der Waals surface area contributed by atoms with Crippen LogP contribution in [0.5, 0.6) is 0 Å². The second-order valence-electron chi connectivity index (χ2n) is 13.6. The summed E-state index contributed by atoms with van der Waals surface area (Å²) in [6.07, 6.45) is 5.37. The van der Waals surface area contributed by atoms with E-state index in [9.17, 15) is 0 Å². The van der Waals surface area contributed by atoms with Gasteiger partial charge in [0.1, 0.15) is 0 Å². The van der Waals surface area contributed by atoms with Crippen LogP contribution < -0.4 is 4.90 Å². The van der Waals surface area contributed by atoms with Gasteiger partial charge in [0, 0.05) is 16.5 Å². The molecular formula is C49H39N. The SMILES string of the molecule is c1ccc(-c2ccc(N(c3ccc(-c4ccc(C5CCCC5)cc4)cc3)c3ccc(-c4ccccc4)c4ccccc34)c3ccccc23)cc1. The topological polar surface area (TPSA) is 3.24 Å². The molecule has 1 fully saturated rings. The lowest BCUT2D eigenvalue weighted by Crippen LogP contribution is -2.11. The first kappa shape index (κ1) is 30.2. The molecule has 0 heterocycles. The van der Waals surface area contributed by atoms with Crippen LogP contribution in [-0.4, -0.2) is 0 Å². The average Bonchev–Trinajstić information content (AvgIpc) is 3.75. The van der Waals surface area contributed by atoms with E-state index in [1.807, 2.05) is 0 Å². The third-order valence-electron chi connectivity index (χ3n) is 10.6. The number of anilines is 3. The first-order valence-electron chi connectivity index (χ1n) is 18.0. The Labute approximate surface area is 295 Å². The lowest BCUT2D eigenvalue weighted by molar-refractivity contribution is 0.723. The second kappa shape index (κ2) is 13.2. The molecule has 240 valence electrons. The van der Waals surface area contributed by atoms with Gasteiger partial charge in [-0.2, -0.15) is 0 Å². The zero-order valence-electron chi connectivity index (χ0n) is 28.2. The van der Waals surface area contributed by atoms with Crippen molar-refractivity contribution < 1.29 is 0 Å². The standard InChI is InChI=1S/C49H39N/c1-3-15-39(16-4-1)42-31-33-48(46-21-11-9-19-44(42)46)50(49-34-32-43(40-17-5-2-6-18-40)45-20-10-12-22-47(45)49)41-29-27-38(28-30-41)37-25-23-36(24-26-37)35-13-7-8-14-35/h1-6,9-12,15-35H,7-8,13-14H2. The Bertz CT molecular complexity index is 2280. The van der Waals surface area contributed by atoms with Crippen molar-refractivity contribution >= 4 is 38.6 Å². The van der Waals surface area contributed by atoms with E-state index < -0.39 is 0 Å². The van der Waals surface area contributed by atoms with E-state index in [0.717, 1.165) is 23.0 Å². The Kier molecular flexibility index (Phi) is 7.95. The maximum Gasteiger partial charge on any atom is 0.0540 e. The average molecular weight is 642 g/mol. The summed E-state index contributed by atoms with van der Waals surface area (Å²) in [7, 11) is 0. The lowest BCUT2D eigenvalue weighted by Gasteiger charge is -2.29. The van der Waals surface area contributed by atoms with Crippen LogP contribution >= 0.6 is 0 Å². The highest BCUT2D eigenvalue weighted by atomic mass is 15.1. The normalized spacial score (nSPS) is 13.2. The molecule has 0 radical (unpaired) electrons. The first-order chi connectivity index (χ1) is 24.8. The molecule has 1 saturated carbocycles. The van der Waals surface area contributed by atoms with Crippen molar-refractivity contribution in [1.29, 1.82) is 0 Å².